The Morgan fingerprint density at radius 3 is 2.21 bits per heavy atom. The maximum absolute atomic E-state index is 12.6. The van der Waals surface area contributed by atoms with Gasteiger partial charge in [-0.15, -0.1) is 0 Å². The van der Waals surface area contributed by atoms with Gasteiger partial charge in [-0.1, -0.05) is 54.6 Å². The largest absolute Gasteiger partial charge is 0.465 e. The standard InChI is InChI=1S/C23H27N3O3/c1-24-11-13-25(14-12-24)22(27)16-26(23(28)29)21-15-20(21)19-9-7-18(8-10-19)17-5-3-2-4-6-17/h2-10,20-21H,11-16H2,1H3,(H,28,29). The van der Waals surface area contributed by atoms with Crippen LogP contribution >= 0.6 is 0 Å². The van der Waals surface area contributed by atoms with Gasteiger partial charge in [-0.3, -0.25) is 9.69 Å². The molecular formula is C23H27N3O3. The third-order valence-corrected chi connectivity index (χ3v) is 6.01. The van der Waals surface area contributed by atoms with Crippen molar-refractivity contribution in [2.75, 3.05) is 39.8 Å². The molecule has 2 atom stereocenters. The maximum Gasteiger partial charge on any atom is 0.408 e. The summed E-state index contributed by atoms with van der Waals surface area (Å²) in [7, 11) is 2.03. The van der Waals surface area contributed by atoms with E-state index in [4.69, 9.17) is 0 Å². The zero-order valence-electron chi connectivity index (χ0n) is 16.7. The van der Waals surface area contributed by atoms with E-state index in [0.29, 0.717) is 13.1 Å². The van der Waals surface area contributed by atoms with Gasteiger partial charge < -0.3 is 14.9 Å². The third kappa shape index (κ3) is 4.43. The summed E-state index contributed by atoms with van der Waals surface area (Å²) < 4.78 is 0. The first kappa shape index (κ1) is 19.5. The zero-order valence-corrected chi connectivity index (χ0v) is 16.7. The molecule has 4 rings (SSSR count). The van der Waals surface area contributed by atoms with Crippen molar-refractivity contribution < 1.29 is 14.7 Å². The van der Waals surface area contributed by atoms with Gasteiger partial charge in [-0.2, -0.15) is 0 Å². The molecule has 1 saturated carbocycles. The highest BCUT2D eigenvalue weighted by atomic mass is 16.4. The third-order valence-electron chi connectivity index (χ3n) is 6.01. The van der Waals surface area contributed by atoms with Crippen LogP contribution in [0.4, 0.5) is 4.79 Å². The molecule has 2 fully saturated rings. The number of rotatable bonds is 5. The summed E-state index contributed by atoms with van der Waals surface area (Å²) >= 11 is 0. The van der Waals surface area contributed by atoms with Gasteiger partial charge >= 0.3 is 6.09 Å². The summed E-state index contributed by atoms with van der Waals surface area (Å²) in [6, 6.07) is 18.4. The summed E-state index contributed by atoms with van der Waals surface area (Å²) in [5.41, 5.74) is 3.44. The molecule has 1 N–H and O–H groups in total. The lowest BCUT2D eigenvalue weighted by Crippen LogP contribution is -2.51. The van der Waals surface area contributed by atoms with E-state index < -0.39 is 6.09 Å². The second-order valence-electron chi connectivity index (χ2n) is 7.99. The molecule has 29 heavy (non-hydrogen) atoms. The van der Waals surface area contributed by atoms with Crippen molar-refractivity contribution in [2.24, 2.45) is 0 Å². The smallest absolute Gasteiger partial charge is 0.408 e. The Morgan fingerprint density at radius 2 is 1.59 bits per heavy atom. The molecule has 1 aliphatic heterocycles. The number of carboxylic acid groups (broad SMARTS) is 1. The van der Waals surface area contributed by atoms with Crippen LogP contribution in [0, 0.1) is 0 Å². The molecule has 0 bridgehead atoms. The van der Waals surface area contributed by atoms with Gasteiger partial charge in [0.15, 0.2) is 0 Å². The number of carbonyl (C=O) groups is 2. The number of likely N-dealkylation sites (N-methyl/N-ethyl adjacent to an activating group) is 1. The van der Waals surface area contributed by atoms with Crippen molar-refractivity contribution in [3.63, 3.8) is 0 Å². The van der Waals surface area contributed by atoms with Crippen LogP contribution in [-0.2, 0) is 4.79 Å². The molecule has 1 aliphatic carbocycles. The highest BCUT2D eigenvalue weighted by Gasteiger charge is 2.45. The molecule has 2 amide bonds. The van der Waals surface area contributed by atoms with Crippen molar-refractivity contribution in [2.45, 2.75) is 18.4 Å². The van der Waals surface area contributed by atoms with Gasteiger partial charge in [0.1, 0.15) is 6.54 Å². The van der Waals surface area contributed by atoms with Gasteiger partial charge in [0, 0.05) is 38.1 Å². The second kappa shape index (κ2) is 8.25. The summed E-state index contributed by atoms with van der Waals surface area (Å²) in [6.45, 7) is 2.94. The predicted octanol–water partition coefficient (Wildman–Crippen LogP) is 2.96. The van der Waals surface area contributed by atoms with E-state index in [9.17, 15) is 14.7 Å². The Bertz CT molecular complexity index is 861. The molecule has 0 radical (unpaired) electrons. The van der Waals surface area contributed by atoms with E-state index in [1.807, 2.05) is 25.2 Å². The van der Waals surface area contributed by atoms with Crippen LogP contribution in [0.15, 0.2) is 54.6 Å². The molecule has 2 aromatic rings. The minimum Gasteiger partial charge on any atom is -0.465 e. The Balaban J connectivity index is 1.39. The van der Waals surface area contributed by atoms with Crippen LogP contribution < -0.4 is 0 Å². The number of amides is 2. The lowest BCUT2D eigenvalue weighted by molar-refractivity contribution is -0.133. The van der Waals surface area contributed by atoms with Crippen LogP contribution in [0.2, 0.25) is 0 Å². The first-order valence-corrected chi connectivity index (χ1v) is 10.1. The number of carbonyl (C=O) groups excluding carboxylic acids is 1. The maximum atomic E-state index is 12.6. The Labute approximate surface area is 171 Å². The molecule has 2 unspecified atom stereocenters. The summed E-state index contributed by atoms with van der Waals surface area (Å²) in [4.78, 5) is 29.7. The van der Waals surface area contributed by atoms with E-state index in [1.165, 1.54) is 4.90 Å². The van der Waals surface area contributed by atoms with Crippen LogP contribution in [0.3, 0.4) is 0 Å². The second-order valence-corrected chi connectivity index (χ2v) is 7.99. The van der Waals surface area contributed by atoms with E-state index in [0.717, 1.165) is 36.2 Å². The van der Waals surface area contributed by atoms with Gasteiger partial charge in [-0.25, -0.2) is 4.79 Å². The van der Waals surface area contributed by atoms with Crippen LogP contribution in [-0.4, -0.2) is 77.6 Å². The van der Waals surface area contributed by atoms with E-state index in [-0.39, 0.29) is 24.4 Å². The van der Waals surface area contributed by atoms with Crippen molar-refractivity contribution in [3.8, 4) is 11.1 Å². The number of benzene rings is 2. The normalized spacial score (nSPS) is 21.6. The number of nitrogens with zero attached hydrogens (tertiary/aromatic N) is 3. The van der Waals surface area contributed by atoms with Gasteiger partial charge in [0.2, 0.25) is 5.91 Å². The summed E-state index contributed by atoms with van der Waals surface area (Å²) in [5.74, 6) is 0.0711. The molecule has 6 nitrogen and oxygen atoms in total. The fourth-order valence-corrected chi connectivity index (χ4v) is 4.07. The van der Waals surface area contributed by atoms with E-state index in [2.05, 4.69) is 41.3 Å². The van der Waals surface area contributed by atoms with Crippen LogP contribution in [0.1, 0.15) is 17.9 Å². The van der Waals surface area contributed by atoms with E-state index in [1.54, 1.807) is 4.90 Å². The molecule has 6 heteroatoms. The Kier molecular flexibility index (Phi) is 5.53. The molecule has 2 aliphatic rings. The highest BCUT2D eigenvalue weighted by molar-refractivity contribution is 5.82. The summed E-state index contributed by atoms with van der Waals surface area (Å²) in [5, 5.41) is 9.68. The topological polar surface area (TPSA) is 64.1 Å². The van der Waals surface area contributed by atoms with E-state index >= 15 is 0 Å². The lowest BCUT2D eigenvalue weighted by atomic mass is 10.0. The first-order valence-electron chi connectivity index (χ1n) is 10.1. The molecule has 0 spiro atoms. The average molecular weight is 393 g/mol. The lowest BCUT2D eigenvalue weighted by Gasteiger charge is -2.33. The van der Waals surface area contributed by atoms with Crippen molar-refractivity contribution in [3.05, 3.63) is 60.2 Å². The molecule has 2 aromatic carbocycles. The predicted molar refractivity (Wildman–Crippen MR) is 112 cm³/mol. The van der Waals surface area contributed by atoms with Crippen molar-refractivity contribution >= 4 is 12.0 Å². The number of piperazine rings is 1. The zero-order chi connectivity index (χ0) is 20.4. The average Bonchev–Trinajstić information content (AvgIpc) is 3.53. The molecule has 0 aromatic heterocycles. The number of hydrogen-bond donors (Lipinski definition) is 1. The molecule has 152 valence electrons. The highest BCUT2D eigenvalue weighted by Crippen LogP contribution is 2.45. The minimum atomic E-state index is -1.01. The van der Waals surface area contributed by atoms with Crippen LogP contribution in [0.5, 0.6) is 0 Å². The fraction of sp³-hybridized carbons (Fsp3) is 0.391. The monoisotopic (exact) mass is 393 g/mol. The number of hydrogen-bond acceptors (Lipinski definition) is 3. The molecule has 1 heterocycles. The van der Waals surface area contributed by atoms with Gasteiger partial charge in [-0.05, 0) is 30.2 Å². The molecular weight excluding hydrogens is 366 g/mol. The Hall–Kier alpha value is -2.86. The SMILES string of the molecule is CN1CCN(C(=O)CN(C(=O)O)C2CC2c2ccc(-c3ccccc3)cc2)CC1. The van der Waals surface area contributed by atoms with Gasteiger partial charge in [0.25, 0.3) is 0 Å². The van der Waals surface area contributed by atoms with Crippen molar-refractivity contribution in [1.29, 1.82) is 0 Å². The van der Waals surface area contributed by atoms with Gasteiger partial charge in [0.05, 0.1) is 0 Å². The summed E-state index contributed by atoms with van der Waals surface area (Å²) in [6.07, 6.45) is -0.242. The quantitative estimate of drug-likeness (QED) is 0.848. The Morgan fingerprint density at radius 1 is 0.966 bits per heavy atom. The van der Waals surface area contributed by atoms with Crippen molar-refractivity contribution in [1.82, 2.24) is 14.7 Å². The minimum absolute atomic E-state index is 0.0533. The van der Waals surface area contributed by atoms with Crippen LogP contribution in [0.25, 0.3) is 11.1 Å². The molecule has 1 saturated heterocycles. The first-order chi connectivity index (χ1) is 14.0. The fourth-order valence-electron chi connectivity index (χ4n) is 4.07.